The summed E-state index contributed by atoms with van der Waals surface area (Å²) in [7, 11) is 1.56. The fourth-order valence-electron chi connectivity index (χ4n) is 1.73. The van der Waals surface area contributed by atoms with Gasteiger partial charge in [0, 0.05) is 10.8 Å². The molecule has 4 heteroatoms. The highest BCUT2D eigenvalue weighted by Gasteiger charge is 2.05. The second-order valence-electron chi connectivity index (χ2n) is 3.44. The molecule has 0 amide bonds. The van der Waals surface area contributed by atoms with Gasteiger partial charge in [0.15, 0.2) is 6.29 Å². The fraction of sp³-hybridized carbons (Fsp3) is 0.154. The van der Waals surface area contributed by atoms with Gasteiger partial charge in [0.1, 0.15) is 12.4 Å². The summed E-state index contributed by atoms with van der Waals surface area (Å²) >= 11 is 0. The molecule has 0 spiro atoms. The van der Waals surface area contributed by atoms with Crippen LogP contribution in [-0.4, -0.2) is 20.0 Å². The molecular formula is C13H13NO3. The van der Waals surface area contributed by atoms with E-state index in [9.17, 15) is 4.79 Å². The van der Waals surface area contributed by atoms with Gasteiger partial charge in [-0.1, -0.05) is 24.3 Å². The van der Waals surface area contributed by atoms with Crippen molar-refractivity contribution in [2.24, 2.45) is 0 Å². The SMILES string of the molecule is CONc1cccc2c(OCC=O)cccc12. The van der Waals surface area contributed by atoms with Crippen LogP contribution in [0.15, 0.2) is 36.4 Å². The largest absolute Gasteiger partial charge is 0.485 e. The Bertz CT molecular complexity index is 525. The number of carbonyl (C=O) groups is 1. The number of carbonyl (C=O) groups excluding carboxylic acids is 1. The van der Waals surface area contributed by atoms with Crippen molar-refractivity contribution in [2.75, 3.05) is 19.2 Å². The zero-order chi connectivity index (χ0) is 12.1. The summed E-state index contributed by atoms with van der Waals surface area (Å²) in [4.78, 5) is 15.2. The van der Waals surface area contributed by atoms with Gasteiger partial charge in [-0.15, -0.1) is 0 Å². The van der Waals surface area contributed by atoms with Crippen molar-refractivity contribution in [3.63, 3.8) is 0 Å². The molecule has 0 heterocycles. The van der Waals surface area contributed by atoms with Crippen molar-refractivity contribution in [1.82, 2.24) is 0 Å². The van der Waals surface area contributed by atoms with Gasteiger partial charge in [-0.25, -0.2) is 0 Å². The molecule has 0 saturated carbocycles. The first-order chi connectivity index (χ1) is 8.36. The first kappa shape index (κ1) is 11.4. The number of nitrogens with one attached hydrogen (secondary N) is 1. The van der Waals surface area contributed by atoms with Gasteiger partial charge in [-0.05, 0) is 12.1 Å². The molecule has 2 aromatic carbocycles. The van der Waals surface area contributed by atoms with E-state index in [0.717, 1.165) is 22.7 Å². The van der Waals surface area contributed by atoms with Crippen LogP contribution in [0, 0.1) is 0 Å². The minimum absolute atomic E-state index is 0.0566. The summed E-state index contributed by atoms with van der Waals surface area (Å²) in [6.45, 7) is 0.0566. The molecule has 0 aliphatic carbocycles. The van der Waals surface area contributed by atoms with Crippen LogP contribution < -0.4 is 10.2 Å². The lowest BCUT2D eigenvalue weighted by Gasteiger charge is -2.10. The van der Waals surface area contributed by atoms with Crippen LogP contribution in [0.3, 0.4) is 0 Å². The number of fused-ring (bicyclic) bond motifs is 1. The fourth-order valence-corrected chi connectivity index (χ4v) is 1.73. The third kappa shape index (κ3) is 2.37. The van der Waals surface area contributed by atoms with Crippen LogP contribution in [0.2, 0.25) is 0 Å². The smallest absolute Gasteiger partial charge is 0.157 e. The minimum atomic E-state index is 0.0566. The van der Waals surface area contributed by atoms with E-state index in [1.807, 2.05) is 36.4 Å². The summed E-state index contributed by atoms with van der Waals surface area (Å²) in [6, 6.07) is 11.4. The van der Waals surface area contributed by atoms with Gasteiger partial charge in [-0.2, -0.15) is 0 Å². The minimum Gasteiger partial charge on any atom is -0.485 e. The van der Waals surface area contributed by atoms with E-state index >= 15 is 0 Å². The van der Waals surface area contributed by atoms with Gasteiger partial charge in [0.05, 0.1) is 12.8 Å². The predicted octanol–water partition coefficient (Wildman–Crippen LogP) is 2.39. The predicted molar refractivity (Wildman–Crippen MR) is 66.1 cm³/mol. The van der Waals surface area contributed by atoms with E-state index in [-0.39, 0.29) is 6.61 Å². The molecule has 0 unspecified atom stereocenters. The standard InChI is InChI=1S/C13H13NO3/c1-16-14-12-6-2-5-11-10(12)4-3-7-13(11)17-9-8-15/h2-8,14H,9H2,1H3. The number of anilines is 1. The molecule has 0 bridgehead atoms. The zero-order valence-corrected chi connectivity index (χ0v) is 9.47. The highest BCUT2D eigenvalue weighted by molar-refractivity contribution is 5.97. The highest BCUT2D eigenvalue weighted by Crippen LogP contribution is 2.30. The summed E-state index contributed by atoms with van der Waals surface area (Å²) < 4.78 is 5.36. The van der Waals surface area contributed by atoms with Gasteiger partial charge in [0.25, 0.3) is 0 Å². The van der Waals surface area contributed by atoms with E-state index < -0.39 is 0 Å². The van der Waals surface area contributed by atoms with Crippen LogP contribution in [0.5, 0.6) is 5.75 Å². The van der Waals surface area contributed by atoms with Crippen molar-refractivity contribution in [2.45, 2.75) is 0 Å². The molecule has 2 aromatic rings. The Kier molecular flexibility index (Phi) is 3.57. The first-order valence-electron chi connectivity index (χ1n) is 5.24. The summed E-state index contributed by atoms with van der Waals surface area (Å²) in [5.74, 6) is 0.689. The van der Waals surface area contributed by atoms with Crippen LogP contribution in [0.25, 0.3) is 10.8 Å². The number of hydrogen-bond donors (Lipinski definition) is 1. The first-order valence-corrected chi connectivity index (χ1v) is 5.24. The number of hydrogen-bond acceptors (Lipinski definition) is 4. The quantitative estimate of drug-likeness (QED) is 0.634. The molecule has 0 fully saturated rings. The normalized spacial score (nSPS) is 10.2. The third-order valence-electron chi connectivity index (χ3n) is 2.40. The van der Waals surface area contributed by atoms with E-state index in [1.54, 1.807) is 7.11 Å². The Morgan fingerprint density at radius 2 is 1.94 bits per heavy atom. The summed E-state index contributed by atoms with van der Waals surface area (Å²) in [5, 5.41) is 1.93. The van der Waals surface area contributed by atoms with Crippen LogP contribution in [0.1, 0.15) is 0 Å². The third-order valence-corrected chi connectivity index (χ3v) is 2.40. The molecule has 0 aliphatic rings. The molecule has 0 saturated heterocycles. The van der Waals surface area contributed by atoms with E-state index in [2.05, 4.69) is 5.48 Å². The zero-order valence-electron chi connectivity index (χ0n) is 9.47. The Morgan fingerprint density at radius 3 is 2.71 bits per heavy atom. The number of rotatable bonds is 5. The molecule has 17 heavy (non-hydrogen) atoms. The molecule has 0 aromatic heterocycles. The lowest BCUT2D eigenvalue weighted by Crippen LogP contribution is -1.99. The Morgan fingerprint density at radius 1 is 1.18 bits per heavy atom. The van der Waals surface area contributed by atoms with Gasteiger partial charge in [0.2, 0.25) is 0 Å². The van der Waals surface area contributed by atoms with Crippen molar-refractivity contribution < 1.29 is 14.4 Å². The Hall–Kier alpha value is -2.07. The number of ether oxygens (including phenoxy) is 1. The molecule has 0 atom stereocenters. The average Bonchev–Trinajstić information content (AvgIpc) is 2.37. The van der Waals surface area contributed by atoms with Crippen molar-refractivity contribution in [1.29, 1.82) is 0 Å². The van der Waals surface area contributed by atoms with Crippen LogP contribution in [0.4, 0.5) is 5.69 Å². The highest BCUT2D eigenvalue weighted by atomic mass is 16.6. The monoisotopic (exact) mass is 231 g/mol. The molecule has 1 N–H and O–H groups in total. The Balaban J connectivity index is 2.49. The summed E-state index contributed by atoms with van der Waals surface area (Å²) in [6.07, 6.45) is 0.732. The van der Waals surface area contributed by atoms with Crippen LogP contribution in [-0.2, 0) is 9.63 Å². The topological polar surface area (TPSA) is 47.6 Å². The van der Waals surface area contributed by atoms with Crippen molar-refractivity contribution in [3.8, 4) is 5.75 Å². The Labute approximate surface area is 99.1 Å². The van der Waals surface area contributed by atoms with Gasteiger partial charge < -0.3 is 4.74 Å². The molecular weight excluding hydrogens is 218 g/mol. The van der Waals surface area contributed by atoms with Crippen LogP contribution >= 0.6 is 0 Å². The molecule has 0 aliphatic heterocycles. The summed E-state index contributed by atoms with van der Waals surface area (Å²) in [5.41, 5.74) is 3.67. The molecule has 0 radical (unpaired) electrons. The number of benzene rings is 2. The molecule has 4 nitrogen and oxygen atoms in total. The van der Waals surface area contributed by atoms with Gasteiger partial charge >= 0.3 is 0 Å². The number of aldehydes is 1. The average molecular weight is 231 g/mol. The second-order valence-corrected chi connectivity index (χ2v) is 3.44. The van der Waals surface area contributed by atoms with Gasteiger partial charge in [-0.3, -0.25) is 15.1 Å². The van der Waals surface area contributed by atoms with E-state index in [4.69, 9.17) is 9.57 Å². The maximum atomic E-state index is 10.3. The van der Waals surface area contributed by atoms with Crippen molar-refractivity contribution in [3.05, 3.63) is 36.4 Å². The van der Waals surface area contributed by atoms with Crippen molar-refractivity contribution >= 4 is 22.7 Å². The maximum absolute atomic E-state index is 10.3. The lowest BCUT2D eigenvalue weighted by atomic mass is 10.1. The van der Waals surface area contributed by atoms with E-state index in [0.29, 0.717) is 5.75 Å². The second kappa shape index (κ2) is 5.32. The molecule has 2 rings (SSSR count). The molecule has 88 valence electrons. The lowest BCUT2D eigenvalue weighted by molar-refractivity contribution is -0.109. The maximum Gasteiger partial charge on any atom is 0.157 e. The van der Waals surface area contributed by atoms with E-state index in [1.165, 1.54) is 0 Å².